The van der Waals surface area contributed by atoms with Crippen LogP contribution in [0.2, 0.25) is 10.0 Å². The van der Waals surface area contributed by atoms with Gasteiger partial charge in [-0.15, -0.1) is 11.3 Å². The molecule has 0 aliphatic rings. The van der Waals surface area contributed by atoms with E-state index in [1.54, 1.807) is 28.5 Å². The van der Waals surface area contributed by atoms with Crippen molar-refractivity contribution >= 4 is 52.2 Å². The largest absolute Gasteiger partial charge is 0.348 e. The van der Waals surface area contributed by atoms with Gasteiger partial charge < -0.3 is 15.5 Å². The van der Waals surface area contributed by atoms with Gasteiger partial charge in [0.1, 0.15) is 10.7 Å². The number of halogens is 2. The maximum Gasteiger partial charge on any atom is 0.322 e. The summed E-state index contributed by atoms with van der Waals surface area (Å²) in [5.41, 5.74) is 0.919. The Bertz CT molecular complexity index is 870. The van der Waals surface area contributed by atoms with Gasteiger partial charge in [0.15, 0.2) is 0 Å². The lowest BCUT2D eigenvalue weighted by atomic mass is 10.1. The fourth-order valence-corrected chi connectivity index (χ4v) is 3.41. The highest BCUT2D eigenvalue weighted by Gasteiger charge is 2.21. The average molecular weight is 457 g/mol. The molecule has 158 valence electrons. The van der Waals surface area contributed by atoms with Crippen LogP contribution in [0.25, 0.3) is 0 Å². The third kappa shape index (κ3) is 6.59. The second kappa shape index (κ2) is 10.3. The Hall–Kier alpha value is -1.83. The van der Waals surface area contributed by atoms with E-state index < -0.39 is 0 Å². The van der Waals surface area contributed by atoms with E-state index in [-0.39, 0.29) is 24.0 Å². The summed E-state index contributed by atoms with van der Waals surface area (Å²) in [6, 6.07) is 4.61. The van der Waals surface area contributed by atoms with Crippen molar-refractivity contribution < 1.29 is 9.59 Å². The molecule has 29 heavy (non-hydrogen) atoms. The van der Waals surface area contributed by atoms with Crippen molar-refractivity contribution in [1.29, 1.82) is 0 Å². The lowest BCUT2D eigenvalue weighted by Gasteiger charge is -2.26. The molecule has 1 heterocycles. The molecular weight excluding hydrogens is 431 g/mol. The molecule has 0 fully saturated rings. The van der Waals surface area contributed by atoms with E-state index in [0.717, 1.165) is 0 Å². The molecule has 9 heteroatoms. The zero-order valence-electron chi connectivity index (χ0n) is 17.1. The zero-order chi connectivity index (χ0) is 21.7. The van der Waals surface area contributed by atoms with Gasteiger partial charge in [-0.1, -0.05) is 37.0 Å². The van der Waals surface area contributed by atoms with Crippen LogP contribution >= 0.6 is 34.5 Å². The van der Waals surface area contributed by atoms with Crippen molar-refractivity contribution in [2.45, 2.75) is 53.2 Å². The average Bonchev–Trinajstić information content (AvgIpc) is 3.11. The molecule has 1 atom stereocenters. The molecule has 1 aromatic carbocycles. The number of carbonyl (C=O) groups is 2. The molecule has 0 saturated carbocycles. The first-order valence-electron chi connectivity index (χ1n) is 9.36. The minimum atomic E-state index is -0.284. The van der Waals surface area contributed by atoms with Crippen LogP contribution in [0.15, 0.2) is 23.6 Å². The van der Waals surface area contributed by atoms with Crippen LogP contribution in [0.3, 0.4) is 0 Å². The molecule has 2 aromatic rings. The van der Waals surface area contributed by atoms with Gasteiger partial charge in [0.2, 0.25) is 0 Å². The fraction of sp³-hybridized carbons (Fsp3) is 0.450. The van der Waals surface area contributed by atoms with E-state index in [1.165, 1.54) is 11.3 Å². The van der Waals surface area contributed by atoms with Crippen LogP contribution in [-0.4, -0.2) is 33.9 Å². The Morgan fingerprint density at radius 2 is 1.83 bits per heavy atom. The smallest absolute Gasteiger partial charge is 0.322 e. The SMILES string of the molecule is CC(C)C(C)NC(=O)c1csc(CN(C(=O)Nc2ccc(Cl)c(Cl)c2)C(C)C)n1. The second-order valence-corrected chi connectivity index (χ2v) is 9.17. The van der Waals surface area contributed by atoms with Crippen LogP contribution in [0.1, 0.15) is 50.1 Å². The summed E-state index contributed by atoms with van der Waals surface area (Å²) in [4.78, 5) is 31.1. The molecule has 6 nitrogen and oxygen atoms in total. The first-order chi connectivity index (χ1) is 13.6. The highest BCUT2D eigenvalue weighted by atomic mass is 35.5. The summed E-state index contributed by atoms with van der Waals surface area (Å²) >= 11 is 13.3. The molecular formula is C20H26Cl2N4O2S. The highest BCUT2D eigenvalue weighted by Crippen LogP contribution is 2.25. The summed E-state index contributed by atoms with van der Waals surface area (Å²) in [6.07, 6.45) is 0. The van der Waals surface area contributed by atoms with E-state index in [9.17, 15) is 9.59 Å². The van der Waals surface area contributed by atoms with Gasteiger partial charge in [-0.2, -0.15) is 0 Å². The third-order valence-electron chi connectivity index (χ3n) is 4.50. The first-order valence-corrected chi connectivity index (χ1v) is 11.0. The van der Waals surface area contributed by atoms with E-state index in [4.69, 9.17) is 23.2 Å². The number of hydrogen-bond acceptors (Lipinski definition) is 4. The van der Waals surface area contributed by atoms with Crippen LogP contribution in [0.4, 0.5) is 10.5 Å². The lowest BCUT2D eigenvalue weighted by molar-refractivity contribution is 0.0926. The molecule has 0 bridgehead atoms. The number of urea groups is 1. The Balaban J connectivity index is 2.06. The summed E-state index contributed by atoms with van der Waals surface area (Å²) in [5.74, 6) is 0.128. The number of nitrogens with one attached hydrogen (secondary N) is 2. The molecule has 3 amide bonds. The molecule has 0 saturated heterocycles. The molecule has 0 spiro atoms. The van der Waals surface area contributed by atoms with E-state index in [2.05, 4.69) is 15.6 Å². The third-order valence-corrected chi connectivity index (χ3v) is 6.08. The standard InChI is InChI=1S/C20H26Cl2N4O2S/c1-11(2)13(5)23-19(27)17-10-29-18(25-17)9-26(12(3)4)20(28)24-14-6-7-15(21)16(22)8-14/h6-8,10-13H,9H2,1-5H3,(H,23,27)(H,24,28). The van der Waals surface area contributed by atoms with Gasteiger partial charge in [0.25, 0.3) is 5.91 Å². The van der Waals surface area contributed by atoms with Crippen LogP contribution in [0.5, 0.6) is 0 Å². The Morgan fingerprint density at radius 3 is 2.41 bits per heavy atom. The maximum atomic E-state index is 12.8. The molecule has 0 aliphatic heterocycles. The van der Waals surface area contributed by atoms with E-state index in [1.807, 2.05) is 34.6 Å². The van der Waals surface area contributed by atoms with Gasteiger partial charge in [0, 0.05) is 23.2 Å². The van der Waals surface area contributed by atoms with Gasteiger partial charge >= 0.3 is 6.03 Å². The van der Waals surface area contributed by atoms with Gasteiger partial charge in [-0.25, -0.2) is 9.78 Å². The van der Waals surface area contributed by atoms with Crippen molar-refractivity contribution in [2.24, 2.45) is 5.92 Å². The molecule has 0 radical (unpaired) electrons. The number of thiazole rings is 1. The number of rotatable bonds is 7. The van der Waals surface area contributed by atoms with E-state index in [0.29, 0.717) is 38.9 Å². The van der Waals surface area contributed by atoms with Crippen molar-refractivity contribution in [3.8, 4) is 0 Å². The topological polar surface area (TPSA) is 74.3 Å². The molecule has 1 unspecified atom stereocenters. The van der Waals surface area contributed by atoms with Gasteiger partial charge in [-0.05, 0) is 44.9 Å². The molecule has 1 aromatic heterocycles. The number of amides is 3. The summed E-state index contributed by atoms with van der Waals surface area (Å²) in [7, 11) is 0. The quantitative estimate of drug-likeness (QED) is 0.563. The maximum absolute atomic E-state index is 12.8. The van der Waals surface area contributed by atoms with Gasteiger partial charge in [-0.3, -0.25) is 4.79 Å². The zero-order valence-corrected chi connectivity index (χ0v) is 19.5. The highest BCUT2D eigenvalue weighted by molar-refractivity contribution is 7.09. The lowest BCUT2D eigenvalue weighted by Crippen LogP contribution is -2.39. The van der Waals surface area contributed by atoms with Crippen LogP contribution < -0.4 is 10.6 Å². The number of anilines is 1. The number of carbonyl (C=O) groups excluding carboxylic acids is 2. The minimum absolute atomic E-state index is 0.0526. The van der Waals surface area contributed by atoms with Crippen molar-refractivity contribution in [3.05, 3.63) is 44.3 Å². The number of aromatic nitrogens is 1. The Kier molecular flexibility index (Phi) is 8.31. The van der Waals surface area contributed by atoms with Crippen LogP contribution in [-0.2, 0) is 6.54 Å². The first kappa shape index (κ1) is 23.4. The number of nitrogens with zero attached hydrogens (tertiary/aromatic N) is 2. The van der Waals surface area contributed by atoms with Crippen molar-refractivity contribution in [2.75, 3.05) is 5.32 Å². The molecule has 0 aliphatic carbocycles. The summed E-state index contributed by atoms with van der Waals surface area (Å²) in [5, 5.41) is 8.95. The molecule has 2 rings (SSSR count). The number of benzene rings is 1. The summed E-state index contributed by atoms with van der Waals surface area (Å²) in [6.45, 7) is 10.2. The monoisotopic (exact) mass is 456 g/mol. The van der Waals surface area contributed by atoms with E-state index >= 15 is 0 Å². The molecule has 2 N–H and O–H groups in total. The normalized spacial score (nSPS) is 12.2. The minimum Gasteiger partial charge on any atom is -0.348 e. The van der Waals surface area contributed by atoms with Crippen LogP contribution in [0, 0.1) is 5.92 Å². The Morgan fingerprint density at radius 1 is 1.14 bits per heavy atom. The summed E-state index contributed by atoms with van der Waals surface area (Å²) < 4.78 is 0. The predicted octanol–water partition coefficient (Wildman–Crippen LogP) is 5.67. The van der Waals surface area contributed by atoms with Crippen molar-refractivity contribution in [1.82, 2.24) is 15.2 Å². The van der Waals surface area contributed by atoms with Crippen molar-refractivity contribution in [3.63, 3.8) is 0 Å². The Labute approximate surface area is 185 Å². The fourth-order valence-electron chi connectivity index (χ4n) is 2.34. The second-order valence-electron chi connectivity index (χ2n) is 7.41. The number of hydrogen-bond donors (Lipinski definition) is 2. The predicted molar refractivity (Wildman–Crippen MR) is 120 cm³/mol. The van der Waals surface area contributed by atoms with Gasteiger partial charge in [0.05, 0.1) is 16.6 Å².